The molecule has 1 heterocycles. The van der Waals surface area contributed by atoms with Gasteiger partial charge in [-0.25, -0.2) is 0 Å². The molecule has 6 aromatic rings. The minimum absolute atomic E-state index is 0.185. The quantitative estimate of drug-likeness (QED) is 0.271. The van der Waals surface area contributed by atoms with Crippen molar-refractivity contribution in [3.63, 3.8) is 0 Å². The summed E-state index contributed by atoms with van der Waals surface area (Å²) in [7, 11) is 0. The first kappa shape index (κ1) is 18.4. The van der Waals surface area contributed by atoms with Crippen LogP contribution in [-0.4, -0.2) is 5.91 Å². The van der Waals surface area contributed by atoms with E-state index in [1.807, 2.05) is 66.7 Å². The molecule has 0 bridgehead atoms. The van der Waals surface area contributed by atoms with Crippen molar-refractivity contribution in [2.24, 2.45) is 0 Å². The molecule has 6 rings (SSSR count). The Hall–Kier alpha value is -3.40. The molecule has 31 heavy (non-hydrogen) atoms. The molecule has 148 valence electrons. The molecule has 4 heteroatoms. The molecule has 1 N–H and O–H groups in total. The summed E-state index contributed by atoms with van der Waals surface area (Å²) in [4.78, 5) is 13.9. The predicted octanol–water partition coefficient (Wildman–Crippen LogP) is 8.27. The SMILES string of the molecule is O=C(Nc1cccc2ccccc12)c1sc2c3ccccc3c3ccccc3c2c1Cl. The van der Waals surface area contributed by atoms with Gasteiger partial charge < -0.3 is 5.32 Å². The van der Waals surface area contributed by atoms with Crippen LogP contribution in [-0.2, 0) is 0 Å². The number of fused-ring (bicyclic) bond motifs is 7. The van der Waals surface area contributed by atoms with E-state index < -0.39 is 0 Å². The molecule has 0 aliphatic rings. The maximum Gasteiger partial charge on any atom is 0.267 e. The first-order valence-electron chi connectivity index (χ1n) is 10.0. The lowest BCUT2D eigenvalue weighted by atomic mass is 9.99. The summed E-state index contributed by atoms with van der Waals surface area (Å²) >= 11 is 8.32. The van der Waals surface area contributed by atoms with Gasteiger partial charge in [0.05, 0.1) is 5.02 Å². The molecular formula is C27H16ClNOS. The second kappa shape index (κ2) is 7.09. The highest BCUT2D eigenvalue weighted by molar-refractivity contribution is 7.23. The van der Waals surface area contributed by atoms with Gasteiger partial charge in [0.2, 0.25) is 0 Å². The van der Waals surface area contributed by atoms with Gasteiger partial charge >= 0.3 is 0 Å². The van der Waals surface area contributed by atoms with Crippen LogP contribution in [0.2, 0.25) is 5.02 Å². The topological polar surface area (TPSA) is 29.1 Å². The minimum Gasteiger partial charge on any atom is -0.321 e. The Balaban J connectivity index is 1.57. The maximum absolute atomic E-state index is 13.3. The molecule has 0 radical (unpaired) electrons. The van der Waals surface area contributed by atoms with Gasteiger partial charge in [0, 0.05) is 26.5 Å². The third-order valence-electron chi connectivity index (χ3n) is 5.75. The van der Waals surface area contributed by atoms with E-state index in [0.717, 1.165) is 42.7 Å². The second-order valence-electron chi connectivity index (χ2n) is 7.52. The number of halogens is 1. The van der Waals surface area contributed by atoms with Gasteiger partial charge in [0.15, 0.2) is 0 Å². The summed E-state index contributed by atoms with van der Waals surface area (Å²) in [5, 5.41) is 11.1. The Kier molecular flexibility index (Phi) is 4.20. The molecule has 0 spiro atoms. The first-order chi connectivity index (χ1) is 15.2. The van der Waals surface area contributed by atoms with Crippen molar-refractivity contribution in [3.05, 3.63) is 101 Å². The molecule has 5 aromatic carbocycles. The van der Waals surface area contributed by atoms with E-state index in [-0.39, 0.29) is 5.91 Å². The number of thiophene rings is 1. The van der Waals surface area contributed by atoms with Gasteiger partial charge in [-0.05, 0) is 27.6 Å². The highest BCUT2D eigenvalue weighted by Gasteiger charge is 2.21. The number of anilines is 1. The summed E-state index contributed by atoms with van der Waals surface area (Å²) in [5.74, 6) is -0.185. The van der Waals surface area contributed by atoms with Crippen LogP contribution in [0.1, 0.15) is 9.67 Å². The molecular weight excluding hydrogens is 422 g/mol. The largest absolute Gasteiger partial charge is 0.321 e. The summed E-state index contributed by atoms with van der Waals surface area (Å²) in [6.07, 6.45) is 0. The highest BCUT2D eigenvalue weighted by Crippen LogP contribution is 2.45. The molecule has 0 aliphatic heterocycles. The van der Waals surface area contributed by atoms with Crippen LogP contribution >= 0.6 is 22.9 Å². The van der Waals surface area contributed by atoms with Crippen molar-refractivity contribution in [2.75, 3.05) is 5.32 Å². The van der Waals surface area contributed by atoms with E-state index in [2.05, 4.69) is 29.6 Å². The molecule has 0 fully saturated rings. The van der Waals surface area contributed by atoms with Crippen molar-refractivity contribution in [1.29, 1.82) is 0 Å². The fraction of sp³-hybridized carbons (Fsp3) is 0. The van der Waals surface area contributed by atoms with Crippen molar-refractivity contribution >= 4 is 76.9 Å². The lowest BCUT2D eigenvalue weighted by molar-refractivity contribution is 0.103. The molecule has 0 aliphatic carbocycles. The van der Waals surface area contributed by atoms with Crippen LogP contribution in [0.15, 0.2) is 91.0 Å². The molecule has 0 saturated carbocycles. The molecule has 0 atom stereocenters. The zero-order valence-corrected chi connectivity index (χ0v) is 17.9. The lowest BCUT2D eigenvalue weighted by Crippen LogP contribution is -2.10. The van der Waals surface area contributed by atoms with E-state index >= 15 is 0 Å². The summed E-state index contributed by atoms with van der Waals surface area (Å²) in [6, 6.07) is 30.5. The third-order valence-corrected chi connectivity index (χ3v) is 7.46. The van der Waals surface area contributed by atoms with Crippen LogP contribution in [0.25, 0.3) is 42.4 Å². The Bertz CT molecular complexity index is 1640. The van der Waals surface area contributed by atoms with Gasteiger partial charge in [-0.3, -0.25) is 4.79 Å². The van der Waals surface area contributed by atoms with E-state index in [0.29, 0.717) is 9.90 Å². The number of benzene rings is 5. The number of nitrogens with one attached hydrogen (secondary N) is 1. The fourth-order valence-electron chi connectivity index (χ4n) is 4.35. The summed E-state index contributed by atoms with van der Waals surface area (Å²) in [5.41, 5.74) is 0.784. The predicted molar refractivity (Wildman–Crippen MR) is 134 cm³/mol. The molecule has 1 aromatic heterocycles. The van der Waals surface area contributed by atoms with E-state index in [1.165, 1.54) is 16.7 Å². The monoisotopic (exact) mass is 437 g/mol. The van der Waals surface area contributed by atoms with E-state index in [9.17, 15) is 4.79 Å². The summed E-state index contributed by atoms with van der Waals surface area (Å²) in [6.45, 7) is 0. The molecule has 2 nitrogen and oxygen atoms in total. The smallest absolute Gasteiger partial charge is 0.267 e. The second-order valence-corrected chi connectivity index (χ2v) is 8.92. The number of amides is 1. The standard InChI is InChI=1S/C27H16ClNOS/c28-24-23-20-13-5-3-11-18(20)19-12-4-6-14-21(19)25(23)31-26(24)27(30)29-22-15-7-9-16-8-1-2-10-17(16)22/h1-15H,(H,29,30). The highest BCUT2D eigenvalue weighted by atomic mass is 35.5. The van der Waals surface area contributed by atoms with Crippen LogP contribution < -0.4 is 5.32 Å². The zero-order chi connectivity index (χ0) is 20.9. The number of hydrogen-bond donors (Lipinski definition) is 1. The first-order valence-corrected chi connectivity index (χ1v) is 11.2. The van der Waals surface area contributed by atoms with Crippen LogP contribution in [0, 0.1) is 0 Å². The number of rotatable bonds is 2. The van der Waals surface area contributed by atoms with Crippen molar-refractivity contribution < 1.29 is 4.79 Å². The average molecular weight is 438 g/mol. The molecule has 0 saturated heterocycles. The Morgan fingerprint density at radius 2 is 1.26 bits per heavy atom. The van der Waals surface area contributed by atoms with Gasteiger partial charge in [0.25, 0.3) is 5.91 Å². The zero-order valence-electron chi connectivity index (χ0n) is 16.4. The lowest BCUT2D eigenvalue weighted by Gasteiger charge is -2.08. The van der Waals surface area contributed by atoms with Crippen LogP contribution in [0.5, 0.6) is 0 Å². The van der Waals surface area contributed by atoms with Crippen LogP contribution in [0.3, 0.4) is 0 Å². The van der Waals surface area contributed by atoms with Crippen molar-refractivity contribution in [1.82, 2.24) is 0 Å². The minimum atomic E-state index is -0.185. The number of carbonyl (C=O) groups excluding carboxylic acids is 1. The summed E-state index contributed by atoms with van der Waals surface area (Å²) < 4.78 is 1.04. The normalized spacial score (nSPS) is 11.5. The molecule has 1 amide bonds. The van der Waals surface area contributed by atoms with Crippen molar-refractivity contribution in [2.45, 2.75) is 0 Å². The van der Waals surface area contributed by atoms with Gasteiger partial charge in [-0.1, -0.05) is 96.5 Å². The maximum atomic E-state index is 13.3. The Labute approximate surface area is 187 Å². The third kappa shape index (κ3) is 2.82. The Morgan fingerprint density at radius 1 is 0.677 bits per heavy atom. The Morgan fingerprint density at radius 3 is 2.03 bits per heavy atom. The average Bonchev–Trinajstić information content (AvgIpc) is 3.17. The van der Waals surface area contributed by atoms with E-state index in [1.54, 1.807) is 0 Å². The number of carbonyl (C=O) groups is 1. The van der Waals surface area contributed by atoms with Gasteiger partial charge in [0.1, 0.15) is 4.88 Å². The molecule has 0 unspecified atom stereocenters. The van der Waals surface area contributed by atoms with Crippen LogP contribution in [0.4, 0.5) is 5.69 Å². The fourth-order valence-corrected chi connectivity index (χ4v) is 5.95. The van der Waals surface area contributed by atoms with Crippen molar-refractivity contribution in [3.8, 4) is 0 Å². The number of hydrogen-bond acceptors (Lipinski definition) is 2. The van der Waals surface area contributed by atoms with Gasteiger partial charge in [-0.15, -0.1) is 11.3 Å². The van der Waals surface area contributed by atoms with Gasteiger partial charge in [-0.2, -0.15) is 0 Å². The van der Waals surface area contributed by atoms with E-state index in [4.69, 9.17) is 11.6 Å².